The molecule has 0 radical (unpaired) electrons. The summed E-state index contributed by atoms with van der Waals surface area (Å²) in [6, 6.07) is 5.29. The minimum atomic E-state index is -0.412. The summed E-state index contributed by atoms with van der Waals surface area (Å²) in [5.41, 5.74) is 7.95. The van der Waals surface area contributed by atoms with Crippen LogP contribution in [0.25, 0.3) is 0 Å². The van der Waals surface area contributed by atoms with Crippen LogP contribution in [0.15, 0.2) is 18.2 Å². The summed E-state index contributed by atoms with van der Waals surface area (Å²) < 4.78 is 0. The van der Waals surface area contributed by atoms with Gasteiger partial charge in [-0.2, -0.15) is 0 Å². The van der Waals surface area contributed by atoms with Crippen molar-refractivity contribution >= 4 is 11.6 Å². The maximum absolute atomic E-state index is 12.5. The molecule has 2 atom stereocenters. The number of nitrogens with two attached hydrogens (primary N) is 1. The molecule has 1 aromatic rings. The fourth-order valence-corrected chi connectivity index (χ4v) is 2.83. The Bertz CT molecular complexity index is 453. The van der Waals surface area contributed by atoms with Crippen LogP contribution in [0.5, 0.6) is 0 Å². The first kappa shape index (κ1) is 13.9. The highest BCUT2D eigenvalue weighted by Gasteiger charge is 2.29. The molecule has 0 spiro atoms. The first-order valence-electron chi connectivity index (χ1n) is 6.81. The summed E-state index contributed by atoms with van der Waals surface area (Å²) in [6.45, 7) is 1.92. The second-order valence-corrected chi connectivity index (χ2v) is 5.47. The summed E-state index contributed by atoms with van der Waals surface area (Å²) in [4.78, 5) is 14.1. The minimum absolute atomic E-state index is 0.0682. The molecule has 19 heavy (non-hydrogen) atoms. The normalized spacial score (nSPS) is 23.1. The van der Waals surface area contributed by atoms with Crippen molar-refractivity contribution in [3.05, 3.63) is 29.3 Å². The second-order valence-electron chi connectivity index (χ2n) is 5.47. The number of rotatable bonds is 2. The lowest BCUT2D eigenvalue weighted by Crippen LogP contribution is -2.46. The van der Waals surface area contributed by atoms with Gasteiger partial charge in [0.05, 0.1) is 12.1 Å². The van der Waals surface area contributed by atoms with Crippen LogP contribution >= 0.6 is 0 Å². The van der Waals surface area contributed by atoms with E-state index in [0.29, 0.717) is 11.3 Å². The van der Waals surface area contributed by atoms with Crippen LogP contribution < -0.4 is 5.73 Å². The number of hydrogen-bond donors (Lipinski definition) is 2. The Morgan fingerprint density at radius 3 is 2.63 bits per heavy atom. The third-order valence-electron chi connectivity index (χ3n) is 3.86. The van der Waals surface area contributed by atoms with E-state index in [1.54, 1.807) is 18.0 Å². The number of aryl methyl sites for hydroxylation is 1. The molecule has 1 amide bonds. The number of hydrogen-bond acceptors (Lipinski definition) is 3. The zero-order valence-corrected chi connectivity index (χ0v) is 11.6. The highest BCUT2D eigenvalue weighted by atomic mass is 16.3. The number of aliphatic hydroxyl groups is 1. The number of anilines is 1. The number of carbonyl (C=O) groups is 1. The number of amides is 1. The van der Waals surface area contributed by atoms with Crippen molar-refractivity contribution in [3.8, 4) is 0 Å². The van der Waals surface area contributed by atoms with Crippen molar-refractivity contribution in [1.82, 2.24) is 4.90 Å². The Morgan fingerprint density at radius 2 is 2.00 bits per heavy atom. The van der Waals surface area contributed by atoms with Gasteiger partial charge in [0, 0.05) is 18.3 Å². The van der Waals surface area contributed by atoms with E-state index < -0.39 is 6.10 Å². The summed E-state index contributed by atoms with van der Waals surface area (Å²) in [7, 11) is 1.76. The van der Waals surface area contributed by atoms with E-state index in [-0.39, 0.29) is 11.9 Å². The summed E-state index contributed by atoms with van der Waals surface area (Å²) in [5, 5.41) is 10.0. The Morgan fingerprint density at radius 1 is 1.32 bits per heavy atom. The molecular weight excluding hydrogens is 240 g/mol. The zero-order valence-electron chi connectivity index (χ0n) is 11.6. The van der Waals surface area contributed by atoms with E-state index in [0.717, 1.165) is 31.2 Å². The van der Waals surface area contributed by atoms with Crippen molar-refractivity contribution < 1.29 is 9.90 Å². The quantitative estimate of drug-likeness (QED) is 0.801. The summed E-state index contributed by atoms with van der Waals surface area (Å²) in [5.74, 6) is -0.0682. The predicted molar refractivity (Wildman–Crippen MR) is 75.9 cm³/mol. The number of aliphatic hydroxyl groups excluding tert-OH is 1. The monoisotopic (exact) mass is 262 g/mol. The van der Waals surface area contributed by atoms with Gasteiger partial charge in [-0.05, 0) is 43.5 Å². The molecular formula is C15H22N2O2. The molecule has 0 bridgehead atoms. The lowest BCUT2D eigenvalue weighted by Gasteiger charge is -2.35. The first-order valence-corrected chi connectivity index (χ1v) is 6.81. The Kier molecular flexibility index (Phi) is 4.10. The molecule has 4 heteroatoms. The second kappa shape index (κ2) is 5.61. The van der Waals surface area contributed by atoms with Crippen molar-refractivity contribution in [1.29, 1.82) is 0 Å². The first-order chi connectivity index (χ1) is 8.99. The van der Waals surface area contributed by atoms with Crippen LogP contribution in [0, 0.1) is 6.92 Å². The maximum Gasteiger partial charge on any atom is 0.254 e. The highest BCUT2D eigenvalue weighted by Crippen LogP contribution is 2.24. The Labute approximate surface area is 114 Å². The largest absolute Gasteiger partial charge is 0.399 e. The van der Waals surface area contributed by atoms with E-state index in [1.807, 2.05) is 19.1 Å². The van der Waals surface area contributed by atoms with Gasteiger partial charge in [-0.3, -0.25) is 4.79 Å². The molecule has 1 fully saturated rings. The molecule has 0 aromatic heterocycles. The molecule has 0 heterocycles. The fourth-order valence-electron chi connectivity index (χ4n) is 2.83. The molecule has 1 aromatic carbocycles. The van der Waals surface area contributed by atoms with Gasteiger partial charge < -0.3 is 15.7 Å². The summed E-state index contributed by atoms with van der Waals surface area (Å²) >= 11 is 0. The molecule has 1 aliphatic carbocycles. The van der Waals surface area contributed by atoms with Crippen LogP contribution in [0.3, 0.4) is 0 Å². The van der Waals surface area contributed by atoms with Gasteiger partial charge in [-0.1, -0.05) is 12.8 Å². The maximum atomic E-state index is 12.5. The third kappa shape index (κ3) is 3.07. The van der Waals surface area contributed by atoms with Gasteiger partial charge in [-0.15, -0.1) is 0 Å². The van der Waals surface area contributed by atoms with E-state index in [4.69, 9.17) is 5.73 Å². The standard InChI is InChI=1S/C15H22N2O2/c1-10-7-11(9-12(16)8-10)15(19)17(2)13-5-3-4-6-14(13)18/h7-9,13-14,18H,3-6,16H2,1-2H3. The molecule has 2 rings (SSSR count). The molecule has 104 valence electrons. The van der Waals surface area contributed by atoms with Gasteiger partial charge in [0.15, 0.2) is 0 Å². The molecule has 1 saturated carbocycles. The van der Waals surface area contributed by atoms with Gasteiger partial charge in [0.25, 0.3) is 5.91 Å². The number of likely N-dealkylation sites (N-methyl/N-ethyl adjacent to an activating group) is 1. The number of benzene rings is 1. The SMILES string of the molecule is Cc1cc(N)cc(C(=O)N(C)C2CCCCC2O)c1. The van der Waals surface area contributed by atoms with Crippen molar-refractivity contribution in [2.75, 3.05) is 12.8 Å². The third-order valence-corrected chi connectivity index (χ3v) is 3.86. The molecule has 2 unspecified atom stereocenters. The highest BCUT2D eigenvalue weighted by molar-refractivity contribution is 5.95. The average molecular weight is 262 g/mol. The Hall–Kier alpha value is -1.55. The van der Waals surface area contributed by atoms with Crippen LogP contribution in [0.4, 0.5) is 5.69 Å². The Balaban J connectivity index is 2.18. The molecule has 1 aliphatic rings. The smallest absolute Gasteiger partial charge is 0.254 e. The number of nitrogen functional groups attached to an aromatic ring is 1. The lowest BCUT2D eigenvalue weighted by molar-refractivity contribution is 0.0268. The summed E-state index contributed by atoms with van der Waals surface area (Å²) in [6.07, 6.45) is 3.33. The number of carbonyl (C=O) groups excluding carboxylic acids is 1. The van der Waals surface area contributed by atoms with Gasteiger partial charge in [-0.25, -0.2) is 0 Å². The van der Waals surface area contributed by atoms with Gasteiger partial charge in [0.2, 0.25) is 0 Å². The van der Waals surface area contributed by atoms with Crippen molar-refractivity contribution in [3.63, 3.8) is 0 Å². The molecule has 3 N–H and O–H groups in total. The lowest BCUT2D eigenvalue weighted by atomic mass is 9.91. The zero-order chi connectivity index (χ0) is 14.0. The minimum Gasteiger partial charge on any atom is -0.399 e. The van der Waals surface area contributed by atoms with Crippen LogP contribution in [0.1, 0.15) is 41.6 Å². The molecule has 0 aliphatic heterocycles. The van der Waals surface area contributed by atoms with Crippen molar-refractivity contribution in [2.45, 2.75) is 44.8 Å². The topological polar surface area (TPSA) is 66.6 Å². The number of nitrogens with zero attached hydrogens (tertiary/aromatic N) is 1. The predicted octanol–water partition coefficient (Wildman–Crippen LogP) is 1.95. The van der Waals surface area contributed by atoms with Crippen LogP contribution in [0.2, 0.25) is 0 Å². The average Bonchev–Trinajstić information content (AvgIpc) is 2.36. The van der Waals surface area contributed by atoms with E-state index >= 15 is 0 Å². The fraction of sp³-hybridized carbons (Fsp3) is 0.533. The van der Waals surface area contributed by atoms with E-state index in [2.05, 4.69) is 0 Å². The van der Waals surface area contributed by atoms with Crippen LogP contribution in [-0.4, -0.2) is 35.1 Å². The molecule has 0 saturated heterocycles. The van der Waals surface area contributed by atoms with Gasteiger partial charge in [0.1, 0.15) is 0 Å². The van der Waals surface area contributed by atoms with Crippen LogP contribution in [-0.2, 0) is 0 Å². The van der Waals surface area contributed by atoms with Gasteiger partial charge >= 0.3 is 0 Å². The van der Waals surface area contributed by atoms with E-state index in [1.165, 1.54) is 0 Å². The molecule has 4 nitrogen and oxygen atoms in total. The van der Waals surface area contributed by atoms with Crippen molar-refractivity contribution in [2.24, 2.45) is 0 Å². The van der Waals surface area contributed by atoms with E-state index in [9.17, 15) is 9.90 Å².